The van der Waals surface area contributed by atoms with Crippen LogP contribution in [0, 0.1) is 5.92 Å². The van der Waals surface area contributed by atoms with Gasteiger partial charge in [0.05, 0.1) is 5.92 Å². The Balaban J connectivity index is 1.20. The molecular weight excluding hydrogens is 342 g/mol. The van der Waals surface area contributed by atoms with E-state index in [2.05, 4.69) is 14.8 Å². The van der Waals surface area contributed by atoms with Crippen LogP contribution in [0.2, 0.25) is 0 Å². The molecule has 4 heterocycles. The largest absolute Gasteiger partial charge is 0.342 e. The number of carbonyl (C=O) groups excluding carboxylic acids is 2. The topological polar surface area (TPSA) is 71.3 Å². The van der Waals surface area contributed by atoms with Gasteiger partial charge in [-0.1, -0.05) is 6.42 Å². The highest BCUT2D eigenvalue weighted by atomic mass is 16.2. The third-order valence-corrected chi connectivity index (χ3v) is 6.81. The lowest BCUT2D eigenvalue weighted by atomic mass is 9.94. The second-order valence-corrected chi connectivity index (χ2v) is 8.71. The van der Waals surface area contributed by atoms with Crippen molar-refractivity contribution >= 4 is 11.8 Å². The fourth-order valence-electron chi connectivity index (χ4n) is 5.06. The molecular formula is C20H29N5O2. The van der Waals surface area contributed by atoms with Gasteiger partial charge < -0.3 is 14.4 Å². The molecule has 0 spiro atoms. The second-order valence-electron chi connectivity index (χ2n) is 8.71. The number of likely N-dealkylation sites (tertiary alicyclic amines) is 2. The van der Waals surface area contributed by atoms with E-state index < -0.39 is 0 Å². The van der Waals surface area contributed by atoms with Gasteiger partial charge in [-0.2, -0.15) is 0 Å². The number of aryl methyl sites for hydroxylation is 1. The van der Waals surface area contributed by atoms with Crippen molar-refractivity contribution < 1.29 is 9.59 Å². The molecule has 146 valence electrons. The Morgan fingerprint density at radius 1 is 0.963 bits per heavy atom. The minimum atomic E-state index is -0.126. The third-order valence-electron chi connectivity index (χ3n) is 6.81. The normalized spacial score (nSPS) is 27.0. The molecule has 1 aliphatic carbocycles. The van der Waals surface area contributed by atoms with Crippen LogP contribution in [0.25, 0.3) is 0 Å². The first-order chi connectivity index (χ1) is 13.2. The fourth-order valence-corrected chi connectivity index (χ4v) is 5.06. The van der Waals surface area contributed by atoms with E-state index in [4.69, 9.17) is 0 Å². The van der Waals surface area contributed by atoms with Crippen LogP contribution in [-0.4, -0.2) is 62.1 Å². The van der Waals surface area contributed by atoms with E-state index in [1.165, 1.54) is 19.3 Å². The molecule has 0 aromatic carbocycles. The number of nitrogens with zero attached hydrogens (tertiary/aromatic N) is 5. The standard InChI is InChI=1S/C20H29N5O2/c26-18-12-15(13-25(18)16-5-6-16)20(27)23-10-7-14(8-11-23)19-22-21-17-4-2-1-3-9-24(17)19/h14-16H,1-13H2/t15-/m0/s1. The zero-order valence-corrected chi connectivity index (χ0v) is 16.0. The van der Waals surface area contributed by atoms with E-state index in [0.717, 1.165) is 63.4 Å². The Hall–Kier alpha value is -1.92. The van der Waals surface area contributed by atoms with Gasteiger partial charge in [-0.25, -0.2) is 0 Å². The average molecular weight is 371 g/mol. The molecule has 3 fully saturated rings. The molecule has 2 amide bonds. The maximum atomic E-state index is 12.9. The average Bonchev–Trinajstić information content (AvgIpc) is 3.41. The molecule has 7 nitrogen and oxygen atoms in total. The van der Waals surface area contributed by atoms with Crippen LogP contribution in [0.5, 0.6) is 0 Å². The van der Waals surface area contributed by atoms with Gasteiger partial charge in [0.2, 0.25) is 11.8 Å². The molecule has 1 atom stereocenters. The van der Waals surface area contributed by atoms with Gasteiger partial charge in [0.25, 0.3) is 0 Å². The predicted molar refractivity (Wildman–Crippen MR) is 99.0 cm³/mol. The first-order valence-corrected chi connectivity index (χ1v) is 10.7. The summed E-state index contributed by atoms with van der Waals surface area (Å²) in [5, 5.41) is 8.95. The predicted octanol–water partition coefficient (Wildman–Crippen LogP) is 1.72. The van der Waals surface area contributed by atoms with Gasteiger partial charge >= 0.3 is 0 Å². The van der Waals surface area contributed by atoms with Crippen LogP contribution >= 0.6 is 0 Å². The van der Waals surface area contributed by atoms with Gasteiger partial charge in [0, 0.05) is 51.0 Å². The summed E-state index contributed by atoms with van der Waals surface area (Å²) in [5.41, 5.74) is 0. The van der Waals surface area contributed by atoms with E-state index in [-0.39, 0.29) is 17.7 Å². The van der Waals surface area contributed by atoms with Crippen LogP contribution in [0.3, 0.4) is 0 Å². The van der Waals surface area contributed by atoms with Crippen molar-refractivity contribution in [3.63, 3.8) is 0 Å². The van der Waals surface area contributed by atoms with Crippen molar-refractivity contribution in [1.29, 1.82) is 0 Å². The third kappa shape index (κ3) is 3.25. The molecule has 0 radical (unpaired) electrons. The molecule has 3 aliphatic heterocycles. The molecule has 0 N–H and O–H groups in total. The summed E-state index contributed by atoms with van der Waals surface area (Å²) in [6, 6.07) is 0.421. The summed E-state index contributed by atoms with van der Waals surface area (Å²) < 4.78 is 2.35. The van der Waals surface area contributed by atoms with Crippen molar-refractivity contribution in [2.75, 3.05) is 19.6 Å². The van der Waals surface area contributed by atoms with Crippen LogP contribution in [0.15, 0.2) is 0 Å². The summed E-state index contributed by atoms with van der Waals surface area (Å²) in [6.07, 6.45) is 9.28. The number of carbonyl (C=O) groups is 2. The smallest absolute Gasteiger partial charge is 0.227 e. The summed E-state index contributed by atoms with van der Waals surface area (Å²) in [5.74, 6) is 2.92. The Bertz CT molecular complexity index is 733. The first kappa shape index (κ1) is 17.2. The lowest BCUT2D eigenvalue weighted by Gasteiger charge is -2.33. The minimum Gasteiger partial charge on any atom is -0.342 e. The van der Waals surface area contributed by atoms with Crippen LogP contribution in [-0.2, 0) is 22.6 Å². The number of hydrogen-bond donors (Lipinski definition) is 0. The maximum absolute atomic E-state index is 12.9. The van der Waals surface area contributed by atoms with Crippen LogP contribution < -0.4 is 0 Å². The molecule has 0 bridgehead atoms. The van der Waals surface area contributed by atoms with Gasteiger partial charge in [-0.05, 0) is 38.5 Å². The summed E-state index contributed by atoms with van der Waals surface area (Å²) in [6.45, 7) is 3.23. The van der Waals surface area contributed by atoms with Gasteiger partial charge in [-0.3, -0.25) is 9.59 Å². The molecule has 27 heavy (non-hydrogen) atoms. The highest BCUT2D eigenvalue weighted by Crippen LogP contribution is 2.34. The first-order valence-electron chi connectivity index (χ1n) is 10.7. The van der Waals surface area contributed by atoms with E-state index >= 15 is 0 Å². The summed E-state index contributed by atoms with van der Waals surface area (Å²) in [7, 11) is 0. The molecule has 4 aliphatic rings. The van der Waals surface area contributed by atoms with Crippen LogP contribution in [0.4, 0.5) is 0 Å². The summed E-state index contributed by atoms with van der Waals surface area (Å²) in [4.78, 5) is 29.0. The van der Waals surface area contributed by atoms with E-state index in [9.17, 15) is 9.59 Å². The Labute approximate surface area is 160 Å². The van der Waals surface area contributed by atoms with E-state index in [0.29, 0.717) is 24.9 Å². The number of amides is 2. The van der Waals surface area contributed by atoms with Crippen molar-refractivity contribution in [3.8, 4) is 0 Å². The van der Waals surface area contributed by atoms with Crippen molar-refractivity contribution in [1.82, 2.24) is 24.6 Å². The van der Waals surface area contributed by atoms with E-state index in [1.54, 1.807) is 0 Å². The number of aromatic nitrogens is 3. The Morgan fingerprint density at radius 2 is 1.78 bits per heavy atom. The minimum absolute atomic E-state index is 0.126. The second kappa shape index (κ2) is 6.91. The fraction of sp³-hybridized carbons (Fsp3) is 0.800. The zero-order valence-electron chi connectivity index (χ0n) is 16.0. The highest BCUT2D eigenvalue weighted by molar-refractivity contribution is 5.89. The van der Waals surface area contributed by atoms with E-state index in [1.807, 2.05) is 9.80 Å². The molecule has 1 aromatic rings. The summed E-state index contributed by atoms with van der Waals surface area (Å²) >= 11 is 0. The SMILES string of the molecule is O=C([C@H]1CC(=O)N(C2CC2)C1)N1CCC(c2nnc3n2CCCCC3)CC1. The van der Waals surface area contributed by atoms with Crippen molar-refractivity contribution in [2.45, 2.75) is 76.3 Å². The molecule has 0 unspecified atom stereocenters. The Kier molecular flexibility index (Phi) is 4.40. The molecule has 2 saturated heterocycles. The zero-order chi connectivity index (χ0) is 18.4. The highest BCUT2D eigenvalue weighted by Gasteiger charge is 2.43. The monoisotopic (exact) mass is 371 g/mol. The maximum Gasteiger partial charge on any atom is 0.227 e. The van der Waals surface area contributed by atoms with Gasteiger partial charge in [0.1, 0.15) is 11.6 Å². The number of fused-ring (bicyclic) bond motifs is 1. The lowest BCUT2D eigenvalue weighted by Crippen LogP contribution is -2.42. The van der Waals surface area contributed by atoms with Crippen LogP contribution in [0.1, 0.15) is 68.9 Å². The Morgan fingerprint density at radius 3 is 2.56 bits per heavy atom. The number of piperidine rings is 1. The molecule has 1 saturated carbocycles. The van der Waals surface area contributed by atoms with Gasteiger partial charge in [-0.15, -0.1) is 10.2 Å². The molecule has 7 heteroatoms. The quantitative estimate of drug-likeness (QED) is 0.811. The van der Waals surface area contributed by atoms with Crippen molar-refractivity contribution in [2.24, 2.45) is 5.92 Å². The number of rotatable bonds is 3. The molecule has 5 rings (SSSR count). The number of hydrogen-bond acceptors (Lipinski definition) is 4. The van der Waals surface area contributed by atoms with Crippen molar-refractivity contribution in [3.05, 3.63) is 11.6 Å². The lowest BCUT2D eigenvalue weighted by molar-refractivity contribution is -0.136. The van der Waals surface area contributed by atoms with Gasteiger partial charge in [0.15, 0.2) is 0 Å². The molecule has 1 aromatic heterocycles.